The van der Waals surface area contributed by atoms with Crippen LogP contribution in [0.5, 0.6) is 0 Å². The molecule has 1 saturated heterocycles. The highest BCUT2D eigenvalue weighted by atomic mass is 35.7. The Labute approximate surface area is 126 Å². The zero-order valence-electron chi connectivity index (χ0n) is 11.2. The van der Waals surface area contributed by atoms with Gasteiger partial charge in [-0.05, 0) is 18.6 Å². The number of nitro benzene ring substituents is 1. The van der Waals surface area contributed by atoms with E-state index >= 15 is 0 Å². The summed E-state index contributed by atoms with van der Waals surface area (Å²) in [6.07, 6.45) is 0.0109. The van der Waals surface area contributed by atoms with Crippen molar-refractivity contribution in [1.82, 2.24) is 0 Å². The van der Waals surface area contributed by atoms with Gasteiger partial charge in [0.1, 0.15) is 5.69 Å². The summed E-state index contributed by atoms with van der Waals surface area (Å²) in [5.74, 6) is -1.12. The molecule has 0 saturated carbocycles. The number of carbonyl (C=O) groups excluding carboxylic acids is 1. The molecule has 0 bridgehead atoms. The van der Waals surface area contributed by atoms with Crippen LogP contribution in [0.25, 0.3) is 0 Å². The predicted molar refractivity (Wildman–Crippen MR) is 77.9 cm³/mol. The van der Waals surface area contributed by atoms with E-state index in [0.717, 1.165) is 0 Å². The first-order valence-electron chi connectivity index (χ1n) is 6.15. The molecule has 0 aromatic heterocycles. The van der Waals surface area contributed by atoms with Crippen LogP contribution in [0, 0.1) is 23.0 Å². The number of halogens is 1. The van der Waals surface area contributed by atoms with Crippen molar-refractivity contribution in [2.24, 2.45) is 5.92 Å². The Kier molecular flexibility index (Phi) is 4.20. The quantitative estimate of drug-likeness (QED) is 0.476. The molecule has 0 aliphatic carbocycles. The Bertz CT molecular complexity index is 704. The van der Waals surface area contributed by atoms with Gasteiger partial charge in [-0.25, -0.2) is 8.42 Å². The van der Waals surface area contributed by atoms with Crippen molar-refractivity contribution >= 4 is 37.0 Å². The van der Waals surface area contributed by atoms with Crippen LogP contribution in [-0.2, 0) is 13.8 Å². The first-order chi connectivity index (χ1) is 9.67. The molecule has 114 valence electrons. The average molecular weight is 333 g/mol. The second-order valence-corrected chi connectivity index (χ2v) is 7.85. The van der Waals surface area contributed by atoms with E-state index in [9.17, 15) is 23.3 Å². The van der Waals surface area contributed by atoms with Gasteiger partial charge >= 0.3 is 0 Å². The fourth-order valence-corrected chi connectivity index (χ4v) is 3.74. The molecule has 0 N–H and O–H groups in total. The summed E-state index contributed by atoms with van der Waals surface area (Å²) in [6.45, 7) is 1.82. The number of carbonyl (C=O) groups is 1. The lowest BCUT2D eigenvalue weighted by molar-refractivity contribution is -0.384. The lowest BCUT2D eigenvalue weighted by Gasteiger charge is -2.16. The van der Waals surface area contributed by atoms with Gasteiger partial charge in [-0.3, -0.25) is 14.9 Å². The summed E-state index contributed by atoms with van der Waals surface area (Å²) in [5.41, 5.74) is 0.722. The number of nitro groups is 1. The van der Waals surface area contributed by atoms with Gasteiger partial charge in [-0.2, -0.15) is 0 Å². The molecule has 9 heteroatoms. The highest BCUT2D eigenvalue weighted by Gasteiger charge is 2.35. The summed E-state index contributed by atoms with van der Waals surface area (Å²) in [4.78, 5) is 23.8. The molecule has 1 aliphatic rings. The van der Waals surface area contributed by atoms with Gasteiger partial charge in [-0.15, -0.1) is 0 Å². The molecular weight excluding hydrogens is 320 g/mol. The van der Waals surface area contributed by atoms with E-state index in [1.807, 2.05) is 0 Å². The van der Waals surface area contributed by atoms with Gasteiger partial charge in [-0.1, -0.05) is 6.07 Å². The van der Waals surface area contributed by atoms with Crippen LogP contribution < -0.4 is 4.90 Å². The molecule has 1 atom stereocenters. The van der Waals surface area contributed by atoms with Crippen molar-refractivity contribution in [2.75, 3.05) is 17.2 Å². The van der Waals surface area contributed by atoms with Crippen molar-refractivity contribution < 1.29 is 18.1 Å². The number of nitrogens with zero attached hydrogens (tertiary/aromatic N) is 2. The Morgan fingerprint density at radius 1 is 1.48 bits per heavy atom. The van der Waals surface area contributed by atoms with Crippen LogP contribution >= 0.6 is 10.7 Å². The molecule has 0 spiro atoms. The van der Waals surface area contributed by atoms with Gasteiger partial charge in [0.15, 0.2) is 0 Å². The van der Waals surface area contributed by atoms with Crippen molar-refractivity contribution in [3.8, 4) is 0 Å². The minimum absolute atomic E-state index is 0.0109. The van der Waals surface area contributed by atoms with E-state index in [-0.39, 0.29) is 36.0 Å². The van der Waals surface area contributed by atoms with Gasteiger partial charge in [0, 0.05) is 35.6 Å². The van der Waals surface area contributed by atoms with E-state index in [0.29, 0.717) is 5.56 Å². The number of amides is 1. The zero-order chi connectivity index (χ0) is 15.8. The van der Waals surface area contributed by atoms with Crippen LogP contribution in [0.15, 0.2) is 18.2 Å². The van der Waals surface area contributed by atoms with Gasteiger partial charge < -0.3 is 4.90 Å². The van der Waals surface area contributed by atoms with Gasteiger partial charge in [0.25, 0.3) is 5.69 Å². The minimum atomic E-state index is -3.71. The second kappa shape index (κ2) is 5.61. The second-order valence-electron chi connectivity index (χ2n) is 5.03. The van der Waals surface area contributed by atoms with Crippen LogP contribution in [0.2, 0.25) is 0 Å². The first-order valence-corrected chi connectivity index (χ1v) is 8.63. The molecule has 1 fully saturated rings. The Morgan fingerprint density at radius 2 is 2.14 bits per heavy atom. The SMILES string of the molecule is Cc1ccc(N2CC(CS(=O)(=O)Cl)CC2=O)c([N+](=O)[O-])c1. The monoisotopic (exact) mass is 332 g/mol. The lowest BCUT2D eigenvalue weighted by Crippen LogP contribution is -2.26. The maximum atomic E-state index is 12.0. The number of hydrogen-bond donors (Lipinski definition) is 0. The first kappa shape index (κ1) is 15.7. The summed E-state index contributed by atoms with van der Waals surface area (Å²) in [5, 5.41) is 11.1. The summed E-state index contributed by atoms with van der Waals surface area (Å²) < 4.78 is 22.2. The van der Waals surface area contributed by atoms with E-state index in [1.165, 1.54) is 17.0 Å². The number of rotatable bonds is 4. The van der Waals surface area contributed by atoms with Crippen molar-refractivity contribution in [3.05, 3.63) is 33.9 Å². The Hall–Kier alpha value is -1.67. The average Bonchev–Trinajstić information content (AvgIpc) is 2.67. The lowest BCUT2D eigenvalue weighted by atomic mass is 10.1. The summed E-state index contributed by atoms with van der Waals surface area (Å²) in [7, 11) is 1.48. The fourth-order valence-electron chi connectivity index (χ4n) is 2.42. The van der Waals surface area contributed by atoms with Crippen molar-refractivity contribution in [3.63, 3.8) is 0 Å². The van der Waals surface area contributed by atoms with Crippen molar-refractivity contribution in [1.29, 1.82) is 0 Å². The molecule has 21 heavy (non-hydrogen) atoms. The molecule has 1 heterocycles. The Balaban J connectivity index is 2.31. The highest BCUT2D eigenvalue weighted by molar-refractivity contribution is 8.13. The molecular formula is C12H13ClN2O5S. The minimum Gasteiger partial charge on any atom is -0.306 e. The molecule has 1 unspecified atom stereocenters. The Morgan fingerprint density at radius 3 is 2.71 bits per heavy atom. The molecule has 1 aromatic rings. The molecule has 2 rings (SSSR count). The van der Waals surface area contributed by atoms with Crippen LogP contribution in [0.4, 0.5) is 11.4 Å². The van der Waals surface area contributed by atoms with E-state index in [2.05, 4.69) is 0 Å². The van der Waals surface area contributed by atoms with Crippen LogP contribution in [0.3, 0.4) is 0 Å². The van der Waals surface area contributed by atoms with Crippen LogP contribution in [0.1, 0.15) is 12.0 Å². The number of benzene rings is 1. The molecule has 1 amide bonds. The van der Waals surface area contributed by atoms with Crippen LogP contribution in [-0.4, -0.2) is 31.5 Å². The van der Waals surface area contributed by atoms with Gasteiger partial charge in [0.2, 0.25) is 15.0 Å². The maximum absolute atomic E-state index is 12.0. The molecule has 1 aromatic carbocycles. The predicted octanol–water partition coefficient (Wildman–Crippen LogP) is 1.82. The normalized spacial score (nSPS) is 19.0. The highest BCUT2D eigenvalue weighted by Crippen LogP contribution is 2.34. The molecule has 1 aliphatic heterocycles. The van der Waals surface area contributed by atoms with E-state index in [1.54, 1.807) is 13.0 Å². The van der Waals surface area contributed by atoms with Gasteiger partial charge in [0.05, 0.1) is 10.7 Å². The zero-order valence-corrected chi connectivity index (χ0v) is 12.7. The van der Waals surface area contributed by atoms with E-state index in [4.69, 9.17) is 10.7 Å². The summed E-state index contributed by atoms with van der Waals surface area (Å²) >= 11 is 0. The number of anilines is 1. The number of aryl methyl sites for hydroxylation is 1. The number of hydrogen-bond acceptors (Lipinski definition) is 5. The third-order valence-corrected chi connectivity index (χ3v) is 4.51. The maximum Gasteiger partial charge on any atom is 0.293 e. The topological polar surface area (TPSA) is 97.6 Å². The van der Waals surface area contributed by atoms with Crippen molar-refractivity contribution in [2.45, 2.75) is 13.3 Å². The summed E-state index contributed by atoms with van der Waals surface area (Å²) in [6, 6.07) is 4.55. The standard InChI is InChI=1S/C12H13ClN2O5S/c1-8-2-3-10(11(4-8)15(17)18)14-6-9(5-12(14)16)7-21(13,19)20/h2-4,9H,5-7H2,1H3. The third-order valence-electron chi connectivity index (χ3n) is 3.26. The molecule has 0 radical (unpaired) electrons. The molecule has 7 nitrogen and oxygen atoms in total. The fraction of sp³-hybridized carbons (Fsp3) is 0.417. The van der Waals surface area contributed by atoms with E-state index < -0.39 is 19.9 Å². The third kappa shape index (κ3) is 3.70. The smallest absolute Gasteiger partial charge is 0.293 e. The largest absolute Gasteiger partial charge is 0.306 e.